The lowest BCUT2D eigenvalue weighted by atomic mass is 10.1. The molecule has 1 aromatic carbocycles. The van der Waals surface area contributed by atoms with Crippen LogP contribution in [0.1, 0.15) is 50.7 Å². The summed E-state index contributed by atoms with van der Waals surface area (Å²) >= 11 is 0. The Hall–Kier alpha value is -1.51. The monoisotopic (exact) mass is 488 g/mol. The molecule has 1 aliphatic rings. The number of hydrogen-bond donors (Lipinski definition) is 3. The molecule has 0 aliphatic heterocycles. The number of ether oxygens (including phenoxy) is 1. The molecule has 0 radical (unpaired) electrons. The predicted octanol–water partition coefficient (Wildman–Crippen LogP) is 3.13. The normalized spacial score (nSPS) is 13.5. The summed E-state index contributed by atoms with van der Waals surface area (Å²) < 4.78 is 5.72. The van der Waals surface area contributed by atoms with Crippen molar-refractivity contribution in [3.05, 3.63) is 29.3 Å². The van der Waals surface area contributed by atoms with Gasteiger partial charge in [-0.1, -0.05) is 12.1 Å². The van der Waals surface area contributed by atoms with Gasteiger partial charge in [-0.05, 0) is 51.7 Å². The minimum absolute atomic E-state index is 0. The summed E-state index contributed by atoms with van der Waals surface area (Å²) in [5.74, 6) is 1.80. The summed E-state index contributed by atoms with van der Waals surface area (Å²) in [4.78, 5) is 16.3. The standard InChI is InChI=1S/C20H32N4O2.HI/c1-4-21-20(22-12-6-7-19(25)24-17-10-11-17)23-14-16-9-8-15(3)13-18(16)26-5-2;/h8-9,13,17H,4-7,10-12,14H2,1-3H3,(H,24,25)(H2,21,22,23);1H. The average molecular weight is 488 g/mol. The number of rotatable bonds is 10. The second kappa shape index (κ2) is 12.8. The number of carbonyl (C=O) groups is 1. The number of aliphatic imine (C=N–C) groups is 1. The number of carbonyl (C=O) groups excluding carboxylic acids is 1. The Morgan fingerprint density at radius 1 is 1.26 bits per heavy atom. The predicted molar refractivity (Wildman–Crippen MR) is 121 cm³/mol. The molecule has 0 atom stereocenters. The number of guanidine groups is 1. The first kappa shape index (κ1) is 23.5. The first-order valence-electron chi connectivity index (χ1n) is 9.66. The number of hydrogen-bond acceptors (Lipinski definition) is 3. The van der Waals surface area contributed by atoms with Crippen LogP contribution in [0.4, 0.5) is 0 Å². The van der Waals surface area contributed by atoms with Crippen LogP contribution in [0, 0.1) is 6.92 Å². The van der Waals surface area contributed by atoms with Crippen molar-refractivity contribution in [2.75, 3.05) is 19.7 Å². The van der Waals surface area contributed by atoms with Gasteiger partial charge >= 0.3 is 0 Å². The molecule has 3 N–H and O–H groups in total. The SMILES string of the molecule is CCNC(=NCc1ccc(C)cc1OCC)NCCCC(=O)NC1CC1.I. The maximum absolute atomic E-state index is 11.7. The quantitative estimate of drug-likeness (QED) is 0.205. The number of nitrogens with zero attached hydrogens (tertiary/aromatic N) is 1. The summed E-state index contributed by atoms with van der Waals surface area (Å²) in [5.41, 5.74) is 2.24. The van der Waals surface area contributed by atoms with E-state index in [9.17, 15) is 4.79 Å². The van der Waals surface area contributed by atoms with Crippen LogP contribution in [-0.2, 0) is 11.3 Å². The molecule has 0 spiro atoms. The first-order valence-corrected chi connectivity index (χ1v) is 9.66. The molecule has 1 saturated carbocycles. The summed E-state index contributed by atoms with van der Waals surface area (Å²) in [7, 11) is 0. The first-order chi connectivity index (χ1) is 12.6. The third-order valence-corrected chi connectivity index (χ3v) is 4.09. The van der Waals surface area contributed by atoms with Crippen molar-refractivity contribution in [3.63, 3.8) is 0 Å². The molecule has 2 rings (SSSR count). The van der Waals surface area contributed by atoms with Gasteiger partial charge in [-0.25, -0.2) is 4.99 Å². The average Bonchev–Trinajstić information content (AvgIpc) is 3.42. The minimum atomic E-state index is 0. The van der Waals surface area contributed by atoms with Crippen LogP contribution in [0.15, 0.2) is 23.2 Å². The van der Waals surface area contributed by atoms with E-state index in [0.29, 0.717) is 25.6 Å². The molecule has 27 heavy (non-hydrogen) atoms. The van der Waals surface area contributed by atoms with E-state index >= 15 is 0 Å². The fourth-order valence-electron chi connectivity index (χ4n) is 2.57. The summed E-state index contributed by atoms with van der Waals surface area (Å²) in [6, 6.07) is 6.62. The third-order valence-electron chi connectivity index (χ3n) is 4.09. The smallest absolute Gasteiger partial charge is 0.220 e. The van der Waals surface area contributed by atoms with E-state index in [1.54, 1.807) is 0 Å². The lowest BCUT2D eigenvalue weighted by Gasteiger charge is -2.13. The van der Waals surface area contributed by atoms with Gasteiger partial charge in [-0.3, -0.25) is 4.79 Å². The van der Waals surface area contributed by atoms with Gasteiger partial charge in [0, 0.05) is 31.1 Å². The molecular weight excluding hydrogens is 455 g/mol. The Kier molecular flexibility index (Phi) is 11.2. The van der Waals surface area contributed by atoms with Gasteiger partial charge < -0.3 is 20.7 Å². The lowest BCUT2D eigenvalue weighted by Crippen LogP contribution is -2.38. The van der Waals surface area contributed by atoms with E-state index in [-0.39, 0.29) is 29.9 Å². The fraction of sp³-hybridized carbons (Fsp3) is 0.600. The molecular formula is C20H33IN4O2. The molecule has 6 nitrogen and oxygen atoms in total. The van der Waals surface area contributed by atoms with E-state index in [2.05, 4.69) is 40.0 Å². The number of nitrogens with one attached hydrogen (secondary N) is 3. The Morgan fingerprint density at radius 3 is 2.70 bits per heavy atom. The van der Waals surface area contributed by atoms with Crippen molar-refractivity contribution >= 4 is 35.8 Å². The molecule has 0 saturated heterocycles. The van der Waals surface area contributed by atoms with Crippen LogP contribution < -0.4 is 20.7 Å². The van der Waals surface area contributed by atoms with Crippen LogP contribution in [0.25, 0.3) is 0 Å². The summed E-state index contributed by atoms with van der Waals surface area (Å²) in [5, 5.41) is 9.55. The van der Waals surface area contributed by atoms with Gasteiger partial charge in [-0.2, -0.15) is 0 Å². The van der Waals surface area contributed by atoms with E-state index in [0.717, 1.165) is 49.6 Å². The summed E-state index contributed by atoms with van der Waals surface area (Å²) in [6.45, 7) is 8.78. The number of amides is 1. The molecule has 0 heterocycles. The van der Waals surface area contributed by atoms with Crippen LogP contribution in [-0.4, -0.2) is 37.6 Å². The van der Waals surface area contributed by atoms with Crippen LogP contribution >= 0.6 is 24.0 Å². The zero-order valence-corrected chi connectivity index (χ0v) is 19.0. The maximum atomic E-state index is 11.7. The highest BCUT2D eigenvalue weighted by atomic mass is 127. The van der Waals surface area contributed by atoms with Gasteiger partial charge in [0.05, 0.1) is 13.2 Å². The van der Waals surface area contributed by atoms with Gasteiger partial charge in [0.1, 0.15) is 5.75 Å². The van der Waals surface area contributed by atoms with Crippen molar-refractivity contribution in [2.45, 2.75) is 59.0 Å². The number of benzene rings is 1. The van der Waals surface area contributed by atoms with Crippen molar-refractivity contribution in [1.82, 2.24) is 16.0 Å². The van der Waals surface area contributed by atoms with Crippen molar-refractivity contribution in [2.24, 2.45) is 4.99 Å². The molecule has 7 heteroatoms. The number of aryl methyl sites for hydroxylation is 1. The van der Waals surface area contributed by atoms with Gasteiger partial charge in [0.2, 0.25) is 5.91 Å². The Morgan fingerprint density at radius 2 is 2.04 bits per heavy atom. The zero-order chi connectivity index (χ0) is 18.8. The Labute approximate surface area is 179 Å². The van der Waals surface area contributed by atoms with Gasteiger partial charge in [-0.15, -0.1) is 24.0 Å². The lowest BCUT2D eigenvalue weighted by molar-refractivity contribution is -0.121. The van der Waals surface area contributed by atoms with Crippen LogP contribution in [0.5, 0.6) is 5.75 Å². The second-order valence-corrected chi connectivity index (χ2v) is 6.61. The van der Waals surface area contributed by atoms with Crippen LogP contribution in [0.2, 0.25) is 0 Å². The molecule has 0 aromatic heterocycles. The fourth-order valence-corrected chi connectivity index (χ4v) is 2.57. The highest BCUT2D eigenvalue weighted by Gasteiger charge is 2.22. The topological polar surface area (TPSA) is 74.8 Å². The Bertz CT molecular complexity index is 618. The molecule has 1 fully saturated rings. The van der Waals surface area contributed by atoms with Crippen LogP contribution in [0.3, 0.4) is 0 Å². The Balaban J connectivity index is 0.00000364. The van der Waals surface area contributed by atoms with E-state index in [1.165, 1.54) is 5.56 Å². The van der Waals surface area contributed by atoms with E-state index < -0.39 is 0 Å². The molecule has 1 aromatic rings. The zero-order valence-electron chi connectivity index (χ0n) is 16.6. The molecule has 1 aliphatic carbocycles. The van der Waals surface area contributed by atoms with Crippen molar-refractivity contribution in [1.29, 1.82) is 0 Å². The highest BCUT2D eigenvalue weighted by molar-refractivity contribution is 14.0. The summed E-state index contributed by atoms with van der Waals surface area (Å²) in [6.07, 6.45) is 3.60. The molecule has 1 amide bonds. The van der Waals surface area contributed by atoms with E-state index in [1.807, 2.05) is 19.9 Å². The molecule has 152 valence electrons. The minimum Gasteiger partial charge on any atom is -0.494 e. The van der Waals surface area contributed by atoms with Gasteiger partial charge in [0.15, 0.2) is 5.96 Å². The maximum Gasteiger partial charge on any atom is 0.220 e. The van der Waals surface area contributed by atoms with Crippen molar-refractivity contribution < 1.29 is 9.53 Å². The number of halogens is 1. The molecule has 0 unspecified atom stereocenters. The largest absolute Gasteiger partial charge is 0.494 e. The van der Waals surface area contributed by atoms with E-state index in [4.69, 9.17) is 4.74 Å². The third kappa shape index (κ3) is 9.30. The molecule has 0 bridgehead atoms. The highest BCUT2D eigenvalue weighted by Crippen LogP contribution is 2.21. The van der Waals surface area contributed by atoms with Gasteiger partial charge in [0.25, 0.3) is 0 Å². The van der Waals surface area contributed by atoms with Crippen molar-refractivity contribution in [3.8, 4) is 5.75 Å². The second-order valence-electron chi connectivity index (χ2n) is 6.61.